The number of benzene rings is 3. The molecular formula is C23H25Cl2NO3. The second kappa shape index (κ2) is 11.7. The Balaban J connectivity index is 0.00000300. The van der Waals surface area contributed by atoms with E-state index >= 15 is 0 Å². The highest BCUT2D eigenvalue weighted by Gasteiger charge is 2.13. The summed E-state index contributed by atoms with van der Waals surface area (Å²) in [6.07, 6.45) is -0.570. The number of rotatable bonds is 9. The summed E-state index contributed by atoms with van der Waals surface area (Å²) in [4.78, 5) is 0. The topological polar surface area (TPSA) is 50.7 Å². The molecule has 3 aromatic carbocycles. The number of methoxy groups -OCH3 is 1. The summed E-state index contributed by atoms with van der Waals surface area (Å²) in [7, 11) is 1.62. The molecule has 0 fully saturated rings. The van der Waals surface area contributed by atoms with Crippen molar-refractivity contribution in [2.24, 2.45) is 0 Å². The van der Waals surface area contributed by atoms with Gasteiger partial charge in [-0.1, -0.05) is 72.3 Å². The lowest BCUT2D eigenvalue weighted by molar-refractivity contribution is 0.174. The molecule has 1 atom stereocenters. The maximum atomic E-state index is 10.3. The van der Waals surface area contributed by atoms with Crippen molar-refractivity contribution < 1.29 is 14.6 Å². The van der Waals surface area contributed by atoms with Crippen LogP contribution in [0.3, 0.4) is 0 Å². The van der Waals surface area contributed by atoms with Gasteiger partial charge in [-0.05, 0) is 17.7 Å². The number of halogens is 2. The van der Waals surface area contributed by atoms with Crippen LogP contribution in [0, 0.1) is 0 Å². The van der Waals surface area contributed by atoms with Crippen molar-refractivity contribution in [3.63, 3.8) is 0 Å². The van der Waals surface area contributed by atoms with Gasteiger partial charge in [0.05, 0.1) is 13.2 Å². The van der Waals surface area contributed by atoms with Gasteiger partial charge >= 0.3 is 0 Å². The molecule has 1 unspecified atom stereocenters. The fraction of sp³-hybridized carbons (Fsp3) is 0.217. The van der Waals surface area contributed by atoms with Gasteiger partial charge in [0.1, 0.15) is 6.61 Å². The Hall–Kier alpha value is -2.24. The maximum absolute atomic E-state index is 10.3. The van der Waals surface area contributed by atoms with Crippen LogP contribution in [0.15, 0.2) is 72.8 Å². The quantitative estimate of drug-likeness (QED) is 0.488. The van der Waals surface area contributed by atoms with Gasteiger partial charge in [-0.3, -0.25) is 0 Å². The third-order valence-corrected chi connectivity index (χ3v) is 4.82. The molecule has 0 spiro atoms. The van der Waals surface area contributed by atoms with Crippen molar-refractivity contribution in [3.8, 4) is 11.5 Å². The van der Waals surface area contributed by atoms with Crippen LogP contribution < -0.4 is 14.8 Å². The molecule has 0 aromatic heterocycles. The SMILES string of the molecule is COc1cccc(CNCC(O)c2ccccc2)c1OCc1ccccc1Cl.Cl. The minimum atomic E-state index is -0.570. The van der Waals surface area contributed by atoms with Gasteiger partial charge in [0.15, 0.2) is 11.5 Å². The molecule has 154 valence electrons. The number of hydrogen-bond acceptors (Lipinski definition) is 4. The van der Waals surface area contributed by atoms with Crippen LogP contribution in [0.1, 0.15) is 22.8 Å². The monoisotopic (exact) mass is 433 g/mol. The molecule has 0 aliphatic rings. The van der Waals surface area contributed by atoms with Crippen LogP contribution in [-0.4, -0.2) is 18.8 Å². The molecule has 0 saturated carbocycles. The summed E-state index contributed by atoms with van der Waals surface area (Å²) in [5, 5.41) is 14.3. The third kappa shape index (κ3) is 6.38. The average molecular weight is 434 g/mol. The molecule has 3 aromatic rings. The fourth-order valence-corrected chi connectivity index (χ4v) is 3.12. The second-order valence-electron chi connectivity index (χ2n) is 6.39. The van der Waals surface area contributed by atoms with Crippen molar-refractivity contribution in [3.05, 3.63) is 94.5 Å². The van der Waals surface area contributed by atoms with Gasteiger partial charge in [0.2, 0.25) is 0 Å². The first-order chi connectivity index (χ1) is 13.7. The molecule has 2 N–H and O–H groups in total. The summed E-state index contributed by atoms with van der Waals surface area (Å²) >= 11 is 6.23. The van der Waals surface area contributed by atoms with Crippen molar-refractivity contribution >= 4 is 24.0 Å². The van der Waals surface area contributed by atoms with E-state index in [0.29, 0.717) is 36.2 Å². The normalized spacial score (nSPS) is 11.4. The van der Waals surface area contributed by atoms with Crippen molar-refractivity contribution in [1.29, 1.82) is 0 Å². The smallest absolute Gasteiger partial charge is 0.166 e. The number of para-hydroxylation sites is 1. The van der Waals surface area contributed by atoms with Crippen molar-refractivity contribution in [2.45, 2.75) is 19.3 Å². The zero-order valence-corrected chi connectivity index (χ0v) is 17.7. The van der Waals surface area contributed by atoms with E-state index < -0.39 is 6.10 Å². The number of hydrogen-bond donors (Lipinski definition) is 2. The molecule has 0 heterocycles. The van der Waals surface area contributed by atoms with E-state index in [1.165, 1.54) is 0 Å². The molecule has 29 heavy (non-hydrogen) atoms. The zero-order valence-electron chi connectivity index (χ0n) is 16.2. The number of nitrogens with one attached hydrogen (secondary N) is 1. The lowest BCUT2D eigenvalue weighted by Crippen LogP contribution is -2.21. The predicted octanol–water partition coefficient (Wildman–Crippen LogP) is 5.17. The molecule has 4 nitrogen and oxygen atoms in total. The lowest BCUT2D eigenvalue weighted by atomic mass is 10.1. The van der Waals surface area contributed by atoms with Crippen LogP contribution in [0.2, 0.25) is 5.02 Å². The molecule has 0 saturated heterocycles. The van der Waals surface area contributed by atoms with Gasteiger partial charge in [0.25, 0.3) is 0 Å². The van der Waals surface area contributed by atoms with E-state index in [-0.39, 0.29) is 12.4 Å². The summed E-state index contributed by atoms with van der Waals surface area (Å²) < 4.78 is 11.5. The van der Waals surface area contributed by atoms with Gasteiger partial charge < -0.3 is 19.9 Å². The Morgan fingerprint density at radius 2 is 1.62 bits per heavy atom. The van der Waals surface area contributed by atoms with E-state index in [2.05, 4.69) is 5.32 Å². The largest absolute Gasteiger partial charge is 0.493 e. The second-order valence-corrected chi connectivity index (χ2v) is 6.79. The van der Waals surface area contributed by atoms with Crippen molar-refractivity contribution in [1.82, 2.24) is 5.32 Å². The number of aliphatic hydroxyl groups excluding tert-OH is 1. The van der Waals surface area contributed by atoms with Crippen LogP contribution in [-0.2, 0) is 13.2 Å². The first kappa shape index (κ1) is 23.0. The van der Waals surface area contributed by atoms with Crippen molar-refractivity contribution in [2.75, 3.05) is 13.7 Å². The van der Waals surface area contributed by atoms with Gasteiger partial charge in [-0.2, -0.15) is 0 Å². The molecule has 0 bridgehead atoms. The summed E-state index contributed by atoms with van der Waals surface area (Å²) in [5.74, 6) is 1.33. The molecule has 6 heteroatoms. The van der Waals surface area contributed by atoms with E-state index in [1.54, 1.807) is 7.11 Å². The van der Waals surface area contributed by atoms with Crippen LogP contribution in [0.25, 0.3) is 0 Å². The highest BCUT2D eigenvalue weighted by molar-refractivity contribution is 6.31. The van der Waals surface area contributed by atoms with Crippen LogP contribution in [0.4, 0.5) is 0 Å². The molecule has 3 rings (SSSR count). The molecule has 0 amide bonds. The van der Waals surface area contributed by atoms with E-state index in [4.69, 9.17) is 21.1 Å². The summed E-state index contributed by atoms with van der Waals surface area (Å²) in [5.41, 5.74) is 2.75. The standard InChI is InChI=1S/C23H24ClNO3.ClH/c1-27-22-13-7-11-18(14-25-15-21(26)17-8-3-2-4-9-17)23(22)28-16-19-10-5-6-12-20(19)24;/h2-13,21,25-26H,14-16H2,1H3;1H. The summed E-state index contributed by atoms with van der Waals surface area (Å²) in [6.45, 7) is 1.32. The Morgan fingerprint density at radius 1 is 0.931 bits per heavy atom. The Kier molecular flexibility index (Phi) is 9.29. The highest BCUT2D eigenvalue weighted by atomic mass is 35.5. The maximum Gasteiger partial charge on any atom is 0.166 e. The Bertz CT molecular complexity index is 890. The molecule has 0 aliphatic carbocycles. The average Bonchev–Trinajstić information content (AvgIpc) is 2.74. The Morgan fingerprint density at radius 3 is 2.34 bits per heavy atom. The zero-order chi connectivity index (χ0) is 19.8. The Labute approximate surface area is 182 Å². The van der Waals surface area contributed by atoms with E-state index in [0.717, 1.165) is 16.7 Å². The van der Waals surface area contributed by atoms with Crippen LogP contribution in [0.5, 0.6) is 11.5 Å². The fourth-order valence-electron chi connectivity index (χ4n) is 2.93. The van der Waals surface area contributed by atoms with Gasteiger partial charge in [-0.25, -0.2) is 0 Å². The lowest BCUT2D eigenvalue weighted by Gasteiger charge is -2.17. The molecule has 0 radical (unpaired) electrons. The van der Waals surface area contributed by atoms with Gasteiger partial charge in [-0.15, -0.1) is 12.4 Å². The van der Waals surface area contributed by atoms with Crippen LogP contribution >= 0.6 is 24.0 Å². The summed E-state index contributed by atoms with van der Waals surface area (Å²) in [6, 6.07) is 23.0. The van der Waals surface area contributed by atoms with Gasteiger partial charge in [0, 0.05) is 29.2 Å². The molecular weight excluding hydrogens is 409 g/mol. The first-order valence-electron chi connectivity index (χ1n) is 9.15. The first-order valence-corrected chi connectivity index (χ1v) is 9.52. The number of ether oxygens (including phenoxy) is 2. The minimum Gasteiger partial charge on any atom is -0.493 e. The molecule has 0 aliphatic heterocycles. The van der Waals surface area contributed by atoms with E-state index in [1.807, 2.05) is 72.8 Å². The minimum absolute atomic E-state index is 0. The predicted molar refractivity (Wildman–Crippen MR) is 119 cm³/mol. The highest BCUT2D eigenvalue weighted by Crippen LogP contribution is 2.32. The third-order valence-electron chi connectivity index (χ3n) is 4.45. The number of aliphatic hydroxyl groups is 1. The van der Waals surface area contributed by atoms with E-state index in [9.17, 15) is 5.11 Å².